The molecular formula is C11H12N2O2. The van der Waals surface area contributed by atoms with Gasteiger partial charge in [-0.3, -0.25) is 9.59 Å². The number of likely N-dealkylation sites (N-methyl/N-ethyl adjacent to an activating group) is 1. The van der Waals surface area contributed by atoms with Gasteiger partial charge in [-0.15, -0.1) is 0 Å². The highest BCUT2D eigenvalue weighted by atomic mass is 16.2. The molecule has 1 aliphatic rings. The van der Waals surface area contributed by atoms with E-state index in [9.17, 15) is 9.59 Å². The lowest BCUT2D eigenvalue weighted by molar-refractivity contribution is -0.122. The zero-order valence-corrected chi connectivity index (χ0v) is 8.43. The van der Waals surface area contributed by atoms with Crippen LogP contribution in [0.5, 0.6) is 0 Å². The monoisotopic (exact) mass is 204 g/mol. The molecule has 15 heavy (non-hydrogen) atoms. The van der Waals surface area contributed by atoms with Crippen molar-refractivity contribution in [2.75, 3.05) is 11.4 Å². The van der Waals surface area contributed by atoms with Crippen LogP contribution in [-0.2, 0) is 9.59 Å². The maximum absolute atomic E-state index is 11.9. The Kier molecular flexibility index (Phi) is 2.41. The lowest BCUT2D eigenvalue weighted by atomic mass is 10.1. The largest absolute Gasteiger partial charge is 0.343 e. The van der Waals surface area contributed by atoms with Crippen molar-refractivity contribution in [3.63, 3.8) is 0 Å². The van der Waals surface area contributed by atoms with E-state index in [2.05, 4.69) is 5.32 Å². The SMILES string of the molecule is CCN1C(=O)C(NC=O)c2ccccc21. The van der Waals surface area contributed by atoms with Crippen LogP contribution >= 0.6 is 0 Å². The fourth-order valence-corrected chi connectivity index (χ4v) is 1.94. The molecule has 1 aliphatic heterocycles. The van der Waals surface area contributed by atoms with E-state index >= 15 is 0 Å². The zero-order chi connectivity index (χ0) is 10.8. The predicted molar refractivity (Wildman–Crippen MR) is 56.4 cm³/mol. The maximum Gasteiger partial charge on any atom is 0.254 e. The highest BCUT2D eigenvalue weighted by molar-refractivity contribution is 6.05. The Balaban J connectivity index is 2.46. The second-order valence-corrected chi connectivity index (χ2v) is 3.36. The number of carbonyl (C=O) groups excluding carboxylic acids is 2. The van der Waals surface area contributed by atoms with Gasteiger partial charge in [0.05, 0.1) is 0 Å². The molecule has 0 saturated heterocycles. The number of nitrogens with one attached hydrogen (secondary N) is 1. The molecule has 1 N–H and O–H groups in total. The molecule has 1 atom stereocenters. The van der Waals surface area contributed by atoms with E-state index < -0.39 is 6.04 Å². The maximum atomic E-state index is 11.9. The van der Waals surface area contributed by atoms with Crippen LogP contribution in [-0.4, -0.2) is 18.9 Å². The summed E-state index contributed by atoms with van der Waals surface area (Å²) in [5.74, 6) is -0.0641. The molecule has 0 saturated carbocycles. The van der Waals surface area contributed by atoms with Crippen molar-refractivity contribution in [2.24, 2.45) is 0 Å². The first-order valence-corrected chi connectivity index (χ1v) is 4.89. The van der Waals surface area contributed by atoms with E-state index in [1.54, 1.807) is 4.90 Å². The minimum atomic E-state index is -0.515. The van der Waals surface area contributed by atoms with E-state index in [1.165, 1.54) is 0 Å². The number of nitrogens with zero attached hydrogens (tertiary/aromatic N) is 1. The quantitative estimate of drug-likeness (QED) is 0.742. The summed E-state index contributed by atoms with van der Waals surface area (Å²) in [6, 6.07) is 6.99. The van der Waals surface area contributed by atoms with Crippen LogP contribution in [0.15, 0.2) is 24.3 Å². The van der Waals surface area contributed by atoms with Crippen LogP contribution in [0.3, 0.4) is 0 Å². The number of fused-ring (bicyclic) bond motifs is 1. The first-order valence-electron chi connectivity index (χ1n) is 4.89. The summed E-state index contributed by atoms with van der Waals surface area (Å²) in [7, 11) is 0. The molecule has 4 heteroatoms. The molecule has 78 valence electrons. The van der Waals surface area contributed by atoms with Gasteiger partial charge in [0.15, 0.2) is 0 Å². The summed E-state index contributed by atoms with van der Waals surface area (Å²) < 4.78 is 0. The number of carbonyl (C=O) groups is 2. The molecule has 1 aromatic rings. The zero-order valence-electron chi connectivity index (χ0n) is 8.43. The number of benzene rings is 1. The molecule has 1 heterocycles. The third kappa shape index (κ3) is 1.38. The molecule has 1 unspecified atom stereocenters. The summed E-state index contributed by atoms with van der Waals surface area (Å²) in [4.78, 5) is 24.0. The molecule has 4 nitrogen and oxygen atoms in total. The number of hydrogen-bond acceptors (Lipinski definition) is 2. The van der Waals surface area contributed by atoms with Crippen LogP contribution in [0.4, 0.5) is 5.69 Å². The highest BCUT2D eigenvalue weighted by Gasteiger charge is 2.35. The predicted octanol–water partition coefficient (Wildman–Crippen LogP) is 0.840. The van der Waals surface area contributed by atoms with Gasteiger partial charge in [0, 0.05) is 17.8 Å². The summed E-state index contributed by atoms with van der Waals surface area (Å²) in [6.07, 6.45) is 0.568. The van der Waals surface area contributed by atoms with Crippen molar-refractivity contribution in [3.8, 4) is 0 Å². The van der Waals surface area contributed by atoms with Crippen molar-refractivity contribution in [3.05, 3.63) is 29.8 Å². The molecule has 2 rings (SSSR count). The molecule has 0 bridgehead atoms. The van der Waals surface area contributed by atoms with Crippen molar-refractivity contribution in [2.45, 2.75) is 13.0 Å². The number of amides is 2. The Morgan fingerprint density at radius 1 is 1.47 bits per heavy atom. The molecule has 2 amide bonds. The van der Waals surface area contributed by atoms with Gasteiger partial charge in [-0.05, 0) is 13.0 Å². The van der Waals surface area contributed by atoms with E-state index in [4.69, 9.17) is 0 Å². The third-order valence-corrected chi connectivity index (χ3v) is 2.60. The van der Waals surface area contributed by atoms with Gasteiger partial charge in [-0.2, -0.15) is 0 Å². The normalized spacial score (nSPS) is 18.9. The topological polar surface area (TPSA) is 49.4 Å². The standard InChI is InChI=1S/C11H12N2O2/c1-2-13-9-6-4-3-5-8(9)10(11(13)15)12-7-14/h3-7,10H,2H2,1H3,(H,12,14). The van der Waals surface area contributed by atoms with Crippen molar-refractivity contribution >= 4 is 18.0 Å². The Morgan fingerprint density at radius 3 is 2.87 bits per heavy atom. The molecule has 0 aliphatic carbocycles. The fraction of sp³-hybridized carbons (Fsp3) is 0.273. The summed E-state index contributed by atoms with van der Waals surface area (Å²) in [5.41, 5.74) is 1.76. The minimum absolute atomic E-state index is 0.0641. The van der Waals surface area contributed by atoms with E-state index in [0.717, 1.165) is 11.3 Å². The Bertz CT molecular complexity index is 403. The first-order chi connectivity index (χ1) is 7.29. The van der Waals surface area contributed by atoms with Gasteiger partial charge < -0.3 is 10.2 Å². The lowest BCUT2D eigenvalue weighted by Crippen LogP contribution is -2.33. The van der Waals surface area contributed by atoms with Crippen molar-refractivity contribution < 1.29 is 9.59 Å². The number of rotatable bonds is 3. The van der Waals surface area contributed by atoms with Crippen LogP contribution in [0.1, 0.15) is 18.5 Å². The Morgan fingerprint density at radius 2 is 2.20 bits per heavy atom. The molecule has 1 aromatic carbocycles. The van der Waals surface area contributed by atoms with Gasteiger partial charge in [-0.1, -0.05) is 18.2 Å². The second kappa shape index (κ2) is 3.73. The lowest BCUT2D eigenvalue weighted by Gasteiger charge is -2.14. The number of anilines is 1. The van der Waals surface area contributed by atoms with Gasteiger partial charge in [0.25, 0.3) is 5.91 Å². The first kappa shape index (κ1) is 9.71. The van der Waals surface area contributed by atoms with Gasteiger partial charge in [0.2, 0.25) is 6.41 Å². The van der Waals surface area contributed by atoms with Crippen LogP contribution in [0, 0.1) is 0 Å². The summed E-state index contributed by atoms with van der Waals surface area (Å²) >= 11 is 0. The van der Waals surface area contributed by atoms with E-state index in [-0.39, 0.29) is 5.91 Å². The second-order valence-electron chi connectivity index (χ2n) is 3.36. The molecule has 0 aromatic heterocycles. The van der Waals surface area contributed by atoms with Gasteiger partial charge in [0.1, 0.15) is 6.04 Å². The molecule has 0 radical (unpaired) electrons. The third-order valence-electron chi connectivity index (χ3n) is 2.60. The average molecular weight is 204 g/mol. The minimum Gasteiger partial charge on any atom is -0.343 e. The van der Waals surface area contributed by atoms with Crippen LogP contribution in [0.2, 0.25) is 0 Å². The van der Waals surface area contributed by atoms with E-state index in [0.29, 0.717) is 13.0 Å². The van der Waals surface area contributed by atoms with Crippen LogP contribution < -0.4 is 10.2 Å². The highest BCUT2D eigenvalue weighted by Crippen LogP contribution is 2.34. The molecular weight excluding hydrogens is 192 g/mol. The molecule has 0 fully saturated rings. The fourth-order valence-electron chi connectivity index (χ4n) is 1.94. The Hall–Kier alpha value is -1.84. The van der Waals surface area contributed by atoms with Gasteiger partial charge >= 0.3 is 0 Å². The smallest absolute Gasteiger partial charge is 0.254 e. The van der Waals surface area contributed by atoms with Crippen LogP contribution in [0.25, 0.3) is 0 Å². The number of para-hydroxylation sites is 1. The number of hydrogen-bond donors (Lipinski definition) is 1. The molecule has 0 spiro atoms. The van der Waals surface area contributed by atoms with Gasteiger partial charge in [-0.25, -0.2) is 0 Å². The van der Waals surface area contributed by atoms with E-state index in [1.807, 2.05) is 31.2 Å². The Labute approximate surface area is 87.9 Å². The summed E-state index contributed by atoms with van der Waals surface area (Å²) in [6.45, 7) is 2.53. The average Bonchev–Trinajstić information content (AvgIpc) is 2.53. The summed E-state index contributed by atoms with van der Waals surface area (Å²) in [5, 5.41) is 2.54. The van der Waals surface area contributed by atoms with Crippen molar-refractivity contribution in [1.29, 1.82) is 0 Å². The van der Waals surface area contributed by atoms with Crippen molar-refractivity contribution in [1.82, 2.24) is 5.32 Å².